The molecule has 148 valence electrons. The summed E-state index contributed by atoms with van der Waals surface area (Å²) < 4.78 is 31.1. The molecule has 1 fully saturated rings. The summed E-state index contributed by atoms with van der Waals surface area (Å²) in [4.78, 5) is 39.5. The summed E-state index contributed by atoms with van der Waals surface area (Å²) in [5.41, 5.74) is 0.456. The topological polar surface area (TPSA) is 82.9 Å². The van der Waals surface area contributed by atoms with E-state index in [2.05, 4.69) is 5.32 Å². The van der Waals surface area contributed by atoms with E-state index in [1.165, 1.54) is 29.6 Å². The van der Waals surface area contributed by atoms with Crippen LogP contribution in [0, 0.1) is 11.6 Å². The van der Waals surface area contributed by atoms with Crippen molar-refractivity contribution in [3.63, 3.8) is 0 Å². The first kappa shape index (κ1) is 19.5. The van der Waals surface area contributed by atoms with E-state index in [1.807, 2.05) is 0 Å². The molecule has 1 saturated heterocycles. The molecule has 1 aromatic carbocycles. The van der Waals surface area contributed by atoms with E-state index in [0.29, 0.717) is 31.7 Å². The summed E-state index contributed by atoms with van der Waals surface area (Å²) in [6, 6.07) is 4.55. The molecular weight excluding hydrogens is 372 g/mol. The van der Waals surface area contributed by atoms with E-state index in [4.69, 9.17) is 4.42 Å². The van der Waals surface area contributed by atoms with Crippen LogP contribution in [0.5, 0.6) is 0 Å². The van der Waals surface area contributed by atoms with Gasteiger partial charge in [-0.2, -0.15) is 0 Å². The Morgan fingerprint density at radius 2 is 1.68 bits per heavy atom. The van der Waals surface area contributed by atoms with Crippen molar-refractivity contribution in [1.29, 1.82) is 0 Å². The van der Waals surface area contributed by atoms with Crippen LogP contribution in [-0.4, -0.2) is 60.2 Å². The van der Waals surface area contributed by atoms with Crippen LogP contribution >= 0.6 is 0 Å². The van der Waals surface area contributed by atoms with Crippen LogP contribution in [0.1, 0.15) is 27.1 Å². The highest BCUT2D eigenvalue weighted by atomic mass is 19.2. The molecule has 28 heavy (non-hydrogen) atoms. The molecule has 2 heterocycles. The Balaban J connectivity index is 1.44. The van der Waals surface area contributed by atoms with E-state index in [9.17, 15) is 23.2 Å². The summed E-state index contributed by atoms with van der Waals surface area (Å²) in [6.07, 6.45) is 2.85. The van der Waals surface area contributed by atoms with Crippen LogP contribution in [0.3, 0.4) is 0 Å². The molecule has 0 saturated carbocycles. The van der Waals surface area contributed by atoms with Crippen molar-refractivity contribution in [1.82, 2.24) is 15.1 Å². The van der Waals surface area contributed by atoms with Crippen molar-refractivity contribution in [2.45, 2.75) is 6.42 Å². The van der Waals surface area contributed by atoms with Gasteiger partial charge >= 0.3 is 0 Å². The van der Waals surface area contributed by atoms with E-state index in [0.717, 1.165) is 12.1 Å². The lowest BCUT2D eigenvalue weighted by Crippen LogP contribution is -2.51. The molecule has 0 radical (unpaired) electrons. The monoisotopic (exact) mass is 391 g/mol. The minimum absolute atomic E-state index is 0.0700. The Kier molecular flexibility index (Phi) is 6.03. The van der Waals surface area contributed by atoms with Crippen molar-refractivity contribution in [3.05, 3.63) is 59.6 Å². The molecule has 3 amide bonds. The third kappa shape index (κ3) is 4.54. The molecule has 0 aliphatic carbocycles. The van der Waals surface area contributed by atoms with E-state index >= 15 is 0 Å². The van der Waals surface area contributed by atoms with Gasteiger partial charge in [-0.3, -0.25) is 14.4 Å². The van der Waals surface area contributed by atoms with Crippen molar-refractivity contribution in [2.24, 2.45) is 0 Å². The molecule has 0 spiro atoms. The van der Waals surface area contributed by atoms with Gasteiger partial charge in [0.05, 0.1) is 11.8 Å². The summed E-state index contributed by atoms with van der Waals surface area (Å²) in [5, 5.41) is 2.64. The highest BCUT2D eigenvalue weighted by Crippen LogP contribution is 2.13. The third-order valence-electron chi connectivity index (χ3n) is 4.49. The molecule has 0 bridgehead atoms. The van der Waals surface area contributed by atoms with Gasteiger partial charge in [0, 0.05) is 44.7 Å². The molecule has 0 unspecified atom stereocenters. The first-order valence-corrected chi connectivity index (χ1v) is 8.78. The number of halogens is 2. The summed E-state index contributed by atoms with van der Waals surface area (Å²) >= 11 is 0. The minimum atomic E-state index is -1.07. The molecule has 1 aliphatic heterocycles. The highest BCUT2D eigenvalue weighted by Gasteiger charge is 2.25. The van der Waals surface area contributed by atoms with E-state index < -0.39 is 17.5 Å². The zero-order valence-electron chi connectivity index (χ0n) is 15.0. The standard InChI is InChI=1S/C19H19F2N3O4/c20-15-2-1-13(11-16(15)21)19(27)24-8-6-23(7-9-24)17(25)3-5-22-18(26)14-4-10-28-12-14/h1-2,4,10-12H,3,5-9H2,(H,22,26). The number of benzene rings is 1. The average Bonchev–Trinajstić information content (AvgIpc) is 3.24. The Labute approximate surface area is 159 Å². The number of rotatable bonds is 5. The second-order valence-corrected chi connectivity index (χ2v) is 6.32. The third-order valence-corrected chi connectivity index (χ3v) is 4.49. The van der Waals surface area contributed by atoms with Crippen LogP contribution in [-0.2, 0) is 4.79 Å². The molecular formula is C19H19F2N3O4. The number of furan rings is 1. The maximum Gasteiger partial charge on any atom is 0.254 e. The molecule has 7 nitrogen and oxygen atoms in total. The van der Waals surface area contributed by atoms with Crippen molar-refractivity contribution >= 4 is 17.7 Å². The molecule has 1 N–H and O–H groups in total. The maximum atomic E-state index is 13.3. The Bertz CT molecular complexity index is 862. The zero-order valence-corrected chi connectivity index (χ0v) is 15.0. The second-order valence-electron chi connectivity index (χ2n) is 6.32. The lowest BCUT2D eigenvalue weighted by Gasteiger charge is -2.35. The van der Waals surface area contributed by atoms with Crippen molar-refractivity contribution in [2.75, 3.05) is 32.7 Å². The fraction of sp³-hybridized carbons (Fsp3) is 0.316. The van der Waals surface area contributed by atoms with Crippen LogP contribution in [0.2, 0.25) is 0 Å². The van der Waals surface area contributed by atoms with Crippen LogP contribution < -0.4 is 5.32 Å². The number of nitrogens with one attached hydrogen (secondary N) is 1. The van der Waals surface area contributed by atoms with Gasteiger partial charge in [0.15, 0.2) is 11.6 Å². The number of nitrogens with zero attached hydrogens (tertiary/aromatic N) is 2. The number of carbonyl (C=O) groups is 3. The van der Waals surface area contributed by atoms with Gasteiger partial charge in [0.1, 0.15) is 6.26 Å². The van der Waals surface area contributed by atoms with E-state index in [-0.39, 0.29) is 30.3 Å². The minimum Gasteiger partial charge on any atom is -0.472 e. The lowest BCUT2D eigenvalue weighted by molar-refractivity contribution is -0.132. The predicted octanol–water partition coefficient (Wildman–Crippen LogP) is 1.66. The average molecular weight is 391 g/mol. The number of carbonyl (C=O) groups excluding carboxylic acids is 3. The predicted molar refractivity (Wildman–Crippen MR) is 94.5 cm³/mol. The Morgan fingerprint density at radius 1 is 0.964 bits per heavy atom. The van der Waals surface area contributed by atoms with Crippen LogP contribution in [0.15, 0.2) is 41.2 Å². The second kappa shape index (κ2) is 8.64. The van der Waals surface area contributed by atoms with Gasteiger partial charge < -0.3 is 19.5 Å². The lowest BCUT2D eigenvalue weighted by atomic mass is 10.1. The first-order valence-electron chi connectivity index (χ1n) is 8.78. The highest BCUT2D eigenvalue weighted by molar-refractivity contribution is 5.95. The number of piperazine rings is 1. The van der Waals surface area contributed by atoms with Crippen LogP contribution in [0.25, 0.3) is 0 Å². The van der Waals surface area contributed by atoms with Crippen molar-refractivity contribution in [3.8, 4) is 0 Å². The summed E-state index contributed by atoms with van der Waals surface area (Å²) in [6.45, 7) is 1.46. The summed E-state index contributed by atoms with van der Waals surface area (Å²) in [5.74, 6) is -2.93. The summed E-state index contributed by atoms with van der Waals surface area (Å²) in [7, 11) is 0. The molecule has 3 rings (SSSR count). The van der Waals surface area contributed by atoms with Gasteiger partial charge in [0.25, 0.3) is 11.8 Å². The smallest absolute Gasteiger partial charge is 0.254 e. The quantitative estimate of drug-likeness (QED) is 0.841. The molecule has 2 aromatic rings. The SMILES string of the molecule is O=C(NCCC(=O)N1CCN(C(=O)c2ccc(F)c(F)c2)CC1)c1ccoc1. The fourth-order valence-corrected chi connectivity index (χ4v) is 2.91. The Hall–Kier alpha value is -3.23. The largest absolute Gasteiger partial charge is 0.472 e. The normalized spacial score (nSPS) is 14.1. The molecule has 1 aromatic heterocycles. The number of hydrogen-bond acceptors (Lipinski definition) is 4. The first-order chi connectivity index (χ1) is 13.5. The molecule has 9 heteroatoms. The molecule has 0 atom stereocenters. The van der Waals surface area contributed by atoms with Crippen molar-refractivity contribution < 1.29 is 27.6 Å². The van der Waals surface area contributed by atoms with Gasteiger partial charge in [-0.1, -0.05) is 0 Å². The van der Waals surface area contributed by atoms with Gasteiger partial charge in [-0.25, -0.2) is 8.78 Å². The van der Waals surface area contributed by atoms with Gasteiger partial charge in [0.2, 0.25) is 5.91 Å². The maximum absolute atomic E-state index is 13.3. The molecule has 1 aliphatic rings. The van der Waals surface area contributed by atoms with Crippen LogP contribution in [0.4, 0.5) is 8.78 Å². The van der Waals surface area contributed by atoms with Gasteiger partial charge in [-0.05, 0) is 24.3 Å². The number of amides is 3. The Morgan fingerprint density at radius 3 is 2.32 bits per heavy atom. The fourth-order valence-electron chi connectivity index (χ4n) is 2.91. The van der Waals surface area contributed by atoms with Gasteiger partial charge in [-0.15, -0.1) is 0 Å². The van der Waals surface area contributed by atoms with E-state index in [1.54, 1.807) is 4.90 Å². The zero-order chi connectivity index (χ0) is 20.1. The number of hydrogen-bond donors (Lipinski definition) is 1.